The van der Waals surface area contributed by atoms with Gasteiger partial charge in [0.25, 0.3) is 0 Å². The number of fused-ring (bicyclic) bond motifs is 1. The lowest BCUT2D eigenvalue weighted by molar-refractivity contribution is 0.296. The van der Waals surface area contributed by atoms with Crippen LogP contribution in [-0.4, -0.2) is 23.6 Å². The molecule has 0 saturated heterocycles. The van der Waals surface area contributed by atoms with E-state index in [1.807, 2.05) is 0 Å². The molecular formula is C18H22N4. The van der Waals surface area contributed by atoms with Crippen LogP contribution in [0, 0.1) is 19.8 Å². The molecule has 1 aromatic carbocycles. The van der Waals surface area contributed by atoms with E-state index in [-0.39, 0.29) is 6.17 Å². The van der Waals surface area contributed by atoms with Crippen molar-refractivity contribution < 1.29 is 0 Å². The van der Waals surface area contributed by atoms with Crippen LogP contribution >= 0.6 is 0 Å². The van der Waals surface area contributed by atoms with E-state index < -0.39 is 0 Å². The summed E-state index contributed by atoms with van der Waals surface area (Å²) in [4.78, 5) is 4.69. The van der Waals surface area contributed by atoms with Crippen LogP contribution < -0.4 is 10.7 Å². The second-order valence-electron chi connectivity index (χ2n) is 6.45. The van der Waals surface area contributed by atoms with Crippen LogP contribution in [0.3, 0.4) is 0 Å². The monoisotopic (exact) mass is 294 g/mol. The van der Waals surface area contributed by atoms with E-state index in [1.54, 1.807) is 0 Å². The molecule has 114 valence electrons. The van der Waals surface area contributed by atoms with Gasteiger partial charge in [-0.25, -0.2) is 0 Å². The number of nitrogens with one attached hydrogen (secondary N) is 2. The summed E-state index contributed by atoms with van der Waals surface area (Å²) in [5.41, 5.74) is 8.48. The number of rotatable bonds is 3. The summed E-state index contributed by atoms with van der Waals surface area (Å²) >= 11 is 0. The third kappa shape index (κ3) is 2.49. The summed E-state index contributed by atoms with van der Waals surface area (Å²) in [6.07, 6.45) is 9.15. The topological polar surface area (TPSA) is 39.7 Å². The maximum atomic E-state index is 4.69. The predicted octanol–water partition coefficient (Wildman–Crippen LogP) is 2.72. The van der Waals surface area contributed by atoms with Gasteiger partial charge >= 0.3 is 0 Å². The van der Waals surface area contributed by atoms with Crippen molar-refractivity contribution in [2.75, 3.05) is 6.54 Å². The highest BCUT2D eigenvalue weighted by molar-refractivity contribution is 5.94. The van der Waals surface area contributed by atoms with E-state index in [2.05, 4.69) is 71.1 Å². The molecule has 0 spiro atoms. The first-order valence-electron chi connectivity index (χ1n) is 8.03. The van der Waals surface area contributed by atoms with E-state index >= 15 is 0 Å². The average Bonchev–Trinajstić information content (AvgIpc) is 3.26. The Hall–Kier alpha value is -2.23. The Morgan fingerprint density at radius 2 is 2.09 bits per heavy atom. The van der Waals surface area contributed by atoms with Crippen LogP contribution in [0.1, 0.15) is 29.5 Å². The Morgan fingerprint density at radius 3 is 2.86 bits per heavy atom. The Morgan fingerprint density at radius 1 is 1.23 bits per heavy atom. The van der Waals surface area contributed by atoms with Crippen LogP contribution in [0.2, 0.25) is 0 Å². The predicted molar refractivity (Wildman–Crippen MR) is 90.0 cm³/mol. The number of amidine groups is 1. The molecule has 2 aliphatic heterocycles. The van der Waals surface area contributed by atoms with Crippen molar-refractivity contribution in [3.8, 4) is 0 Å². The van der Waals surface area contributed by atoms with Gasteiger partial charge in [-0.3, -0.25) is 15.4 Å². The molecule has 22 heavy (non-hydrogen) atoms. The second kappa shape index (κ2) is 5.20. The van der Waals surface area contributed by atoms with Crippen LogP contribution in [-0.2, 0) is 0 Å². The molecule has 0 aromatic heterocycles. The Labute approximate surface area is 131 Å². The largest absolute Gasteiger partial charge is 0.365 e. The van der Waals surface area contributed by atoms with E-state index in [4.69, 9.17) is 0 Å². The summed E-state index contributed by atoms with van der Waals surface area (Å²) in [7, 11) is 0. The van der Waals surface area contributed by atoms with Gasteiger partial charge in [-0.05, 0) is 62.0 Å². The summed E-state index contributed by atoms with van der Waals surface area (Å²) in [5, 5.41) is 5.56. The number of hydrogen-bond donors (Lipinski definition) is 2. The third-order valence-electron chi connectivity index (χ3n) is 4.62. The third-order valence-corrected chi connectivity index (χ3v) is 4.62. The quantitative estimate of drug-likeness (QED) is 0.900. The molecule has 4 nitrogen and oxygen atoms in total. The first-order valence-corrected chi connectivity index (χ1v) is 8.03. The first kappa shape index (κ1) is 13.4. The highest BCUT2D eigenvalue weighted by Gasteiger charge is 2.29. The molecule has 1 aliphatic carbocycles. The lowest BCUT2D eigenvalue weighted by Gasteiger charge is -2.32. The number of aliphatic imine (C=N–C) groups is 1. The van der Waals surface area contributed by atoms with Crippen molar-refractivity contribution in [3.05, 3.63) is 53.2 Å². The number of aryl methyl sites for hydroxylation is 2. The summed E-state index contributed by atoms with van der Waals surface area (Å²) in [6.45, 7) is 5.25. The Bertz CT molecular complexity index is 682. The minimum atomic E-state index is 0.163. The molecule has 2 heterocycles. The van der Waals surface area contributed by atoms with E-state index in [9.17, 15) is 0 Å². The molecular weight excluding hydrogens is 272 g/mol. The molecule has 1 unspecified atom stereocenters. The fraction of sp³-hybridized carbons (Fsp3) is 0.389. The molecule has 2 N–H and O–H groups in total. The molecule has 3 aliphatic rings. The smallest absolute Gasteiger partial charge is 0.139 e. The van der Waals surface area contributed by atoms with Gasteiger partial charge in [0.1, 0.15) is 12.0 Å². The zero-order valence-electron chi connectivity index (χ0n) is 13.1. The average molecular weight is 294 g/mol. The van der Waals surface area contributed by atoms with Crippen LogP contribution in [0.4, 0.5) is 0 Å². The zero-order chi connectivity index (χ0) is 15.1. The Kier molecular flexibility index (Phi) is 3.17. The maximum absolute atomic E-state index is 4.69. The molecule has 1 aromatic rings. The normalized spacial score (nSPS) is 24.8. The van der Waals surface area contributed by atoms with Gasteiger partial charge in [0, 0.05) is 18.3 Å². The molecule has 0 bridgehead atoms. The standard InChI is InChI=1S/C18H22N4/c1-12-3-6-15(9-13(12)2)16-11-20-18-8-7-17(21-22(16)18)19-10-14-4-5-14/h3,6-9,11,14,18,20H,4-5,10H2,1-2H3,(H,19,21). The molecule has 4 rings (SSSR count). The molecule has 0 radical (unpaired) electrons. The van der Waals surface area contributed by atoms with Gasteiger partial charge in [-0.2, -0.15) is 0 Å². The molecule has 1 atom stereocenters. The molecule has 1 saturated carbocycles. The summed E-state index contributed by atoms with van der Waals surface area (Å²) in [6, 6.07) is 6.60. The Balaban J connectivity index is 1.56. The fourth-order valence-electron chi connectivity index (χ4n) is 2.81. The second-order valence-corrected chi connectivity index (χ2v) is 6.45. The van der Waals surface area contributed by atoms with E-state index in [1.165, 1.54) is 29.5 Å². The van der Waals surface area contributed by atoms with Crippen molar-refractivity contribution in [2.45, 2.75) is 32.9 Å². The van der Waals surface area contributed by atoms with Crippen LogP contribution in [0.25, 0.3) is 5.70 Å². The van der Waals surface area contributed by atoms with E-state index in [0.717, 1.165) is 24.0 Å². The number of benzene rings is 1. The lowest BCUT2D eigenvalue weighted by atomic mass is 10.0. The SMILES string of the molecule is Cc1ccc(C2=CNC3C=CC(=NCC4CC4)NN23)cc1C. The van der Waals surface area contributed by atoms with Gasteiger partial charge in [0.15, 0.2) is 0 Å². The number of hydrazine groups is 1. The maximum Gasteiger partial charge on any atom is 0.139 e. The van der Waals surface area contributed by atoms with Gasteiger partial charge in [-0.1, -0.05) is 12.1 Å². The van der Waals surface area contributed by atoms with Crippen molar-refractivity contribution in [1.29, 1.82) is 0 Å². The van der Waals surface area contributed by atoms with Gasteiger partial charge in [-0.15, -0.1) is 0 Å². The fourth-order valence-corrected chi connectivity index (χ4v) is 2.81. The van der Waals surface area contributed by atoms with Crippen LogP contribution in [0.5, 0.6) is 0 Å². The van der Waals surface area contributed by atoms with E-state index in [0.29, 0.717) is 0 Å². The molecule has 1 fully saturated rings. The van der Waals surface area contributed by atoms with Crippen molar-refractivity contribution in [2.24, 2.45) is 10.9 Å². The highest BCUT2D eigenvalue weighted by atomic mass is 15.6. The minimum absolute atomic E-state index is 0.163. The van der Waals surface area contributed by atoms with Gasteiger partial charge in [0.2, 0.25) is 0 Å². The zero-order valence-corrected chi connectivity index (χ0v) is 13.1. The summed E-state index contributed by atoms with van der Waals surface area (Å²) < 4.78 is 0. The number of hydrogen-bond acceptors (Lipinski definition) is 3. The molecule has 4 heteroatoms. The summed E-state index contributed by atoms with van der Waals surface area (Å²) in [5.74, 6) is 1.77. The van der Waals surface area contributed by atoms with Gasteiger partial charge in [0.05, 0.1) is 5.70 Å². The first-order chi connectivity index (χ1) is 10.7. The van der Waals surface area contributed by atoms with Crippen molar-refractivity contribution in [1.82, 2.24) is 15.8 Å². The number of nitrogens with zero attached hydrogens (tertiary/aromatic N) is 2. The highest BCUT2D eigenvalue weighted by Crippen LogP contribution is 2.29. The van der Waals surface area contributed by atoms with Crippen molar-refractivity contribution in [3.63, 3.8) is 0 Å². The van der Waals surface area contributed by atoms with Crippen molar-refractivity contribution >= 4 is 11.5 Å². The van der Waals surface area contributed by atoms with Gasteiger partial charge < -0.3 is 5.32 Å². The van der Waals surface area contributed by atoms with Crippen LogP contribution in [0.15, 0.2) is 41.5 Å². The minimum Gasteiger partial charge on any atom is -0.365 e. The lowest BCUT2D eigenvalue weighted by Crippen LogP contribution is -2.49. The molecule has 0 amide bonds.